The molecule has 0 atom stereocenters. The van der Waals surface area contributed by atoms with Gasteiger partial charge in [0, 0.05) is 35.0 Å². The standard InChI is InChI=1S/C38H30N2/c1-3-9-29(10-4-1)30-17-23-36(24-18-30)40(35-12-5-2-6-13-35)37-25-19-32(20-26-37)31-15-21-34(22-16-31)39-28-27-33-11-7-8-14-38(33)39/h1-26H,27-28H2. The molecule has 1 aliphatic rings. The minimum Gasteiger partial charge on any atom is -0.341 e. The second-order valence-electron chi connectivity index (χ2n) is 10.2. The third-order valence-corrected chi connectivity index (χ3v) is 7.77. The van der Waals surface area contributed by atoms with Crippen molar-refractivity contribution >= 4 is 28.4 Å². The van der Waals surface area contributed by atoms with Gasteiger partial charge >= 0.3 is 0 Å². The van der Waals surface area contributed by atoms with Crippen LogP contribution in [-0.2, 0) is 6.42 Å². The number of hydrogen-bond donors (Lipinski definition) is 0. The van der Waals surface area contributed by atoms with Crippen LogP contribution < -0.4 is 9.80 Å². The van der Waals surface area contributed by atoms with Gasteiger partial charge in [-0.05, 0) is 88.8 Å². The van der Waals surface area contributed by atoms with E-state index in [1.54, 1.807) is 0 Å². The summed E-state index contributed by atoms with van der Waals surface area (Å²) in [6, 6.07) is 56.5. The summed E-state index contributed by atoms with van der Waals surface area (Å²) in [7, 11) is 0. The maximum atomic E-state index is 2.42. The predicted octanol–water partition coefficient (Wildman–Crippen LogP) is 10.2. The Morgan fingerprint density at radius 2 is 0.850 bits per heavy atom. The van der Waals surface area contributed by atoms with Crippen LogP contribution in [0.25, 0.3) is 22.3 Å². The minimum absolute atomic E-state index is 1.04. The molecule has 0 aliphatic carbocycles. The average Bonchev–Trinajstić information content (AvgIpc) is 3.47. The fourth-order valence-electron chi connectivity index (χ4n) is 5.70. The van der Waals surface area contributed by atoms with Gasteiger partial charge in [0.25, 0.3) is 0 Å². The van der Waals surface area contributed by atoms with Gasteiger partial charge in [-0.15, -0.1) is 0 Å². The van der Waals surface area contributed by atoms with Gasteiger partial charge in [0.1, 0.15) is 0 Å². The van der Waals surface area contributed by atoms with Crippen LogP contribution >= 0.6 is 0 Å². The normalized spacial score (nSPS) is 12.2. The highest BCUT2D eigenvalue weighted by atomic mass is 15.2. The Bertz CT molecular complexity index is 1710. The minimum atomic E-state index is 1.04. The van der Waals surface area contributed by atoms with Crippen LogP contribution in [0.1, 0.15) is 5.56 Å². The van der Waals surface area contributed by atoms with Gasteiger partial charge in [0.05, 0.1) is 0 Å². The van der Waals surface area contributed by atoms with E-state index >= 15 is 0 Å². The Morgan fingerprint density at radius 1 is 0.400 bits per heavy atom. The zero-order chi connectivity index (χ0) is 26.7. The van der Waals surface area contributed by atoms with Crippen molar-refractivity contribution in [3.8, 4) is 22.3 Å². The molecule has 0 amide bonds. The second-order valence-corrected chi connectivity index (χ2v) is 10.2. The maximum Gasteiger partial charge on any atom is 0.0462 e. The smallest absolute Gasteiger partial charge is 0.0462 e. The molecule has 0 radical (unpaired) electrons. The van der Waals surface area contributed by atoms with E-state index in [9.17, 15) is 0 Å². The Balaban J connectivity index is 1.16. The van der Waals surface area contributed by atoms with Gasteiger partial charge in [0.2, 0.25) is 0 Å². The highest BCUT2D eigenvalue weighted by Gasteiger charge is 2.19. The third kappa shape index (κ3) is 4.65. The molecule has 2 nitrogen and oxygen atoms in total. The lowest BCUT2D eigenvalue weighted by atomic mass is 10.0. The lowest BCUT2D eigenvalue weighted by Crippen LogP contribution is -2.12. The third-order valence-electron chi connectivity index (χ3n) is 7.77. The summed E-state index contributed by atoms with van der Waals surface area (Å²) >= 11 is 0. The Morgan fingerprint density at radius 3 is 1.45 bits per heavy atom. The van der Waals surface area contributed by atoms with Gasteiger partial charge in [-0.25, -0.2) is 0 Å². The zero-order valence-corrected chi connectivity index (χ0v) is 22.3. The van der Waals surface area contributed by atoms with Crippen molar-refractivity contribution in [2.24, 2.45) is 0 Å². The number of fused-ring (bicyclic) bond motifs is 1. The molecule has 192 valence electrons. The van der Waals surface area contributed by atoms with Crippen molar-refractivity contribution in [1.29, 1.82) is 0 Å². The Kier molecular flexibility index (Phi) is 6.35. The van der Waals surface area contributed by atoms with Crippen molar-refractivity contribution < 1.29 is 0 Å². The summed E-state index contributed by atoms with van der Waals surface area (Å²) in [6.45, 7) is 1.04. The topological polar surface area (TPSA) is 6.48 Å². The quantitative estimate of drug-likeness (QED) is 0.218. The van der Waals surface area contributed by atoms with E-state index in [2.05, 4.69) is 168 Å². The predicted molar refractivity (Wildman–Crippen MR) is 169 cm³/mol. The van der Waals surface area contributed by atoms with Crippen LogP contribution in [-0.4, -0.2) is 6.54 Å². The van der Waals surface area contributed by atoms with Gasteiger partial charge < -0.3 is 9.80 Å². The van der Waals surface area contributed by atoms with Crippen LogP contribution in [0.2, 0.25) is 0 Å². The number of hydrogen-bond acceptors (Lipinski definition) is 2. The molecule has 0 N–H and O–H groups in total. The fourth-order valence-corrected chi connectivity index (χ4v) is 5.70. The van der Waals surface area contributed by atoms with Crippen molar-refractivity contribution in [2.75, 3.05) is 16.3 Å². The molecule has 0 fully saturated rings. The molecule has 0 saturated carbocycles. The first-order valence-electron chi connectivity index (χ1n) is 13.9. The monoisotopic (exact) mass is 514 g/mol. The van der Waals surface area contributed by atoms with E-state index in [1.807, 2.05) is 0 Å². The average molecular weight is 515 g/mol. The van der Waals surface area contributed by atoms with E-state index in [-0.39, 0.29) is 0 Å². The first kappa shape index (κ1) is 24.0. The zero-order valence-electron chi connectivity index (χ0n) is 22.3. The van der Waals surface area contributed by atoms with Crippen molar-refractivity contribution in [3.63, 3.8) is 0 Å². The summed E-state index contributed by atoms with van der Waals surface area (Å²) in [5.74, 6) is 0. The lowest BCUT2D eigenvalue weighted by molar-refractivity contribution is 0.998. The van der Waals surface area contributed by atoms with E-state index in [0.717, 1.165) is 30.0 Å². The molecule has 0 aromatic heterocycles. The first-order chi connectivity index (χ1) is 19.8. The molecule has 6 aromatic carbocycles. The summed E-state index contributed by atoms with van der Waals surface area (Å²) in [5.41, 5.74) is 12.3. The fraction of sp³-hybridized carbons (Fsp3) is 0.0526. The number of para-hydroxylation sites is 2. The first-order valence-corrected chi connectivity index (χ1v) is 13.9. The molecule has 40 heavy (non-hydrogen) atoms. The summed E-state index contributed by atoms with van der Waals surface area (Å²) in [5, 5.41) is 0. The molecular weight excluding hydrogens is 484 g/mol. The molecule has 0 saturated heterocycles. The van der Waals surface area contributed by atoms with E-state index in [4.69, 9.17) is 0 Å². The molecule has 1 heterocycles. The van der Waals surface area contributed by atoms with E-state index < -0.39 is 0 Å². The van der Waals surface area contributed by atoms with Crippen molar-refractivity contribution in [2.45, 2.75) is 6.42 Å². The van der Waals surface area contributed by atoms with Crippen molar-refractivity contribution in [1.82, 2.24) is 0 Å². The van der Waals surface area contributed by atoms with Crippen LogP contribution in [0.5, 0.6) is 0 Å². The number of benzene rings is 6. The van der Waals surface area contributed by atoms with Gasteiger partial charge in [-0.1, -0.05) is 103 Å². The van der Waals surface area contributed by atoms with Gasteiger partial charge in [-0.2, -0.15) is 0 Å². The lowest BCUT2D eigenvalue weighted by Gasteiger charge is -2.26. The van der Waals surface area contributed by atoms with E-state index in [0.29, 0.717) is 0 Å². The van der Waals surface area contributed by atoms with Gasteiger partial charge in [-0.3, -0.25) is 0 Å². The van der Waals surface area contributed by atoms with Crippen LogP contribution in [0.3, 0.4) is 0 Å². The van der Waals surface area contributed by atoms with Crippen LogP contribution in [0.4, 0.5) is 28.4 Å². The molecule has 7 rings (SSSR count). The number of nitrogens with zero attached hydrogens (tertiary/aromatic N) is 2. The molecule has 6 aromatic rings. The molecule has 0 bridgehead atoms. The van der Waals surface area contributed by atoms with Gasteiger partial charge in [0.15, 0.2) is 0 Å². The maximum absolute atomic E-state index is 2.42. The largest absolute Gasteiger partial charge is 0.341 e. The summed E-state index contributed by atoms with van der Waals surface area (Å²) in [6.07, 6.45) is 1.10. The van der Waals surface area contributed by atoms with Crippen LogP contribution in [0.15, 0.2) is 158 Å². The van der Waals surface area contributed by atoms with Crippen LogP contribution in [0, 0.1) is 0 Å². The van der Waals surface area contributed by atoms with Crippen molar-refractivity contribution in [3.05, 3.63) is 163 Å². The summed E-state index contributed by atoms with van der Waals surface area (Å²) < 4.78 is 0. The SMILES string of the molecule is c1ccc(-c2ccc(N(c3ccccc3)c3ccc(-c4ccc(N5CCc6ccccc65)cc4)cc3)cc2)cc1. The Hall–Kier alpha value is -5.08. The molecule has 1 aliphatic heterocycles. The molecular formula is C38H30N2. The number of rotatable bonds is 6. The molecule has 0 unspecified atom stereocenters. The molecule has 0 spiro atoms. The number of anilines is 5. The van der Waals surface area contributed by atoms with E-state index in [1.165, 1.54) is 39.2 Å². The highest BCUT2D eigenvalue weighted by Crippen LogP contribution is 2.38. The Labute approximate surface area is 236 Å². The summed E-state index contributed by atoms with van der Waals surface area (Å²) in [4.78, 5) is 4.73. The highest BCUT2D eigenvalue weighted by molar-refractivity contribution is 5.80. The second kappa shape index (κ2) is 10.6. The molecule has 2 heteroatoms.